The second kappa shape index (κ2) is 6.25. The SMILES string of the molecule is COc1cccc(OS(=O)(=O)C=Cc2ccccc2)c1. The molecule has 2 rings (SSSR count). The van der Waals surface area contributed by atoms with E-state index < -0.39 is 10.1 Å². The van der Waals surface area contributed by atoms with Gasteiger partial charge < -0.3 is 8.92 Å². The second-order valence-electron chi connectivity index (χ2n) is 3.97. The molecule has 4 nitrogen and oxygen atoms in total. The van der Waals surface area contributed by atoms with Gasteiger partial charge in [-0.3, -0.25) is 0 Å². The quantitative estimate of drug-likeness (QED) is 0.794. The van der Waals surface area contributed by atoms with E-state index in [4.69, 9.17) is 8.92 Å². The molecule has 0 aliphatic rings. The Labute approximate surface area is 118 Å². The van der Waals surface area contributed by atoms with Gasteiger partial charge in [0, 0.05) is 6.07 Å². The molecule has 0 aromatic heterocycles. The molecule has 2 aromatic rings. The number of rotatable bonds is 5. The molecule has 0 unspecified atom stereocenters. The van der Waals surface area contributed by atoms with Crippen LogP contribution in [0.2, 0.25) is 0 Å². The van der Waals surface area contributed by atoms with Gasteiger partial charge in [-0.25, -0.2) is 0 Å². The van der Waals surface area contributed by atoms with E-state index >= 15 is 0 Å². The highest BCUT2D eigenvalue weighted by molar-refractivity contribution is 7.90. The lowest BCUT2D eigenvalue weighted by atomic mass is 10.2. The maximum Gasteiger partial charge on any atom is 0.332 e. The van der Waals surface area contributed by atoms with Crippen LogP contribution in [0.4, 0.5) is 0 Å². The molecule has 2 aromatic carbocycles. The van der Waals surface area contributed by atoms with E-state index in [1.807, 2.05) is 18.2 Å². The van der Waals surface area contributed by atoms with Crippen LogP contribution >= 0.6 is 0 Å². The van der Waals surface area contributed by atoms with E-state index in [2.05, 4.69) is 0 Å². The van der Waals surface area contributed by atoms with Crippen molar-refractivity contribution in [2.24, 2.45) is 0 Å². The van der Waals surface area contributed by atoms with Gasteiger partial charge >= 0.3 is 10.1 Å². The largest absolute Gasteiger partial charge is 0.497 e. The zero-order valence-corrected chi connectivity index (χ0v) is 11.7. The topological polar surface area (TPSA) is 52.6 Å². The number of hydrogen-bond acceptors (Lipinski definition) is 4. The summed E-state index contributed by atoms with van der Waals surface area (Å²) in [6.45, 7) is 0. The van der Waals surface area contributed by atoms with Gasteiger partial charge in [-0.2, -0.15) is 8.42 Å². The maximum absolute atomic E-state index is 11.8. The Morgan fingerprint density at radius 1 is 0.950 bits per heavy atom. The van der Waals surface area contributed by atoms with Gasteiger partial charge in [0.1, 0.15) is 11.5 Å². The lowest BCUT2D eigenvalue weighted by molar-refractivity contribution is 0.412. The van der Waals surface area contributed by atoms with Crippen LogP contribution in [0.5, 0.6) is 11.5 Å². The monoisotopic (exact) mass is 290 g/mol. The Morgan fingerprint density at radius 3 is 2.35 bits per heavy atom. The molecule has 5 heteroatoms. The first-order valence-corrected chi connectivity index (χ1v) is 7.38. The summed E-state index contributed by atoms with van der Waals surface area (Å²) in [6, 6.07) is 15.5. The van der Waals surface area contributed by atoms with E-state index in [0.29, 0.717) is 5.75 Å². The van der Waals surface area contributed by atoms with E-state index in [0.717, 1.165) is 11.0 Å². The molecular formula is C15H14O4S. The van der Waals surface area contributed by atoms with Crippen LogP contribution in [-0.2, 0) is 10.1 Å². The summed E-state index contributed by atoms with van der Waals surface area (Å²) in [5.74, 6) is 0.742. The molecule has 0 bridgehead atoms. The highest BCUT2D eigenvalue weighted by Gasteiger charge is 2.08. The van der Waals surface area contributed by atoms with Crippen LogP contribution in [0.3, 0.4) is 0 Å². The fraction of sp³-hybridized carbons (Fsp3) is 0.0667. The maximum atomic E-state index is 11.8. The van der Waals surface area contributed by atoms with Gasteiger partial charge in [0.15, 0.2) is 0 Å². The molecule has 0 aliphatic carbocycles. The predicted molar refractivity (Wildman–Crippen MR) is 78.0 cm³/mol. The smallest absolute Gasteiger partial charge is 0.332 e. The van der Waals surface area contributed by atoms with Crippen LogP contribution in [0.25, 0.3) is 6.08 Å². The standard InChI is InChI=1S/C15H14O4S/c1-18-14-8-5-9-15(12-14)19-20(16,17)11-10-13-6-3-2-4-7-13/h2-12H,1H3. The third kappa shape index (κ3) is 4.13. The first-order valence-electron chi connectivity index (χ1n) is 5.91. The van der Waals surface area contributed by atoms with Crippen molar-refractivity contribution in [1.82, 2.24) is 0 Å². The molecule has 104 valence electrons. The first-order chi connectivity index (χ1) is 9.59. The van der Waals surface area contributed by atoms with Gasteiger partial charge in [0.2, 0.25) is 0 Å². The number of methoxy groups -OCH3 is 1. The zero-order chi connectivity index (χ0) is 14.4. The van der Waals surface area contributed by atoms with Crippen molar-refractivity contribution >= 4 is 16.2 Å². The Kier molecular flexibility index (Phi) is 4.42. The number of benzene rings is 2. The average Bonchev–Trinajstić information content (AvgIpc) is 2.46. The van der Waals surface area contributed by atoms with Crippen molar-refractivity contribution in [2.45, 2.75) is 0 Å². The minimum absolute atomic E-state index is 0.210. The summed E-state index contributed by atoms with van der Waals surface area (Å²) in [5, 5.41) is 1.03. The lowest BCUT2D eigenvalue weighted by Crippen LogP contribution is -2.05. The lowest BCUT2D eigenvalue weighted by Gasteiger charge is -2.05. The summed E-state index contributed by atoms with van der Waals surface area (Å²) < 4.78 is 33.6. The summed E-state index contributed by atoms with van der Waals surface area (Å²) in [7, 11) is -2.29. The summed E-state index contributed by atoms with van der Waals surface area (Å²) >= 11 is 0. The van der Waals surface area contributed by atoms with Crippen LogP contribution in [0, 0.1) is 0 Å². The third-order valence-electron chi connectivity index (χ3n) is 2.48. The summed E-state index contributed by atoms with van der Waals surface area (Å²) in [4.78, 5) is 0. The second-order valence-corrected chi connectivity index (χ2v) is 5.39. The Bertz CT molecular complexity index is 691. The fourth-order valence-electron chi connectivity index (χ4n) is 1.54. The van der Waals surface area contributed by atoms with Crippen LogP contribution in [-0.4, -0.2) is 15.5 Å². The molecule has 0 saturated heterocycles. The van der Waals surface area contributed by atoms with Crippen LogP contribution in [0.1, 0.15) is 5.56 Å². The minimum atomic E-state index is -3.79. The van der Waals surface area contributed by atoms with E-state index in [1.54, 1.807) is 30.3 Å². The molecule has 0 N–H and O–H groups in total. The van der Waals surface area contributed by atoms with Crippen molar-refractivity contribution in [1.29, 1.82) is 0 Å². The van der Waals surface area contributed by atoms with Crippen molar-refractivity contribution < 1.29 is 17.3 Å². The Morgan fingerprint density at radius 2 is 1.65 bits per heavy atom. The van der Waals surface area contributed by atoms with Gasteiger partial charge in [-0.05, 0) is 23.8 Å². The van der Waals surface area contributed by atoms with E-state index in [9.17, 15) is 8.42 Å². The van der Waals surface area contributed by atoms with Crippen LogP contribution < -0.4 is 8.92 Å². The Hall–Kier alpha value is -2.27. The van der Waals surface area contributed by atoms with E-state index in [1.165, 1.54) is 19.3 Å². The summed E-state index contributed by atoms with van der Waals surface area (Å²) in [5.41, 5.74) is 0.783. The van der Waals surface area contributed by atoms with Gasteiger partial charge in [-0.15, -0.1) is 0 Å². The molecule has 0 amide bonds. The molecule has 20 heavy (non-hydrogen) atoms. The van der Waals surface area contributed by atoms with Crippen molar-refractivity contribution in [3.05, 3.63) is 65.6 Å². The third-order valence-corrected chi connectivity index (χ3v) is 3.37. The van der Waals surface area contributed by atoms with Crippen molar-refractivity contribution in [3.8, 4) is 11.5 Å². The van der Waals surface area contributed by atoms with Gasteiger partial charge in [-0.1, -0.05) is 36.4 Å². The van der Waals surface area contributed by atoms with Gasteiger partial charge in [0.25, 0.3) is 0 Å². The first kappa shape index (κ1) is 14.1. The molecule has 0 fully saturated rings. The Balaban J connectivity index is 2.13. The highest BCUT2D eigenvalue weighted by atomic mass is 32.2. The molecule has 0 saturated carbocycles. The molecule has 0 radical (unpaired) electrons. The molecular weight excluding hydrogens is 276 g/mol. The average molecular weight is 290 g/mol. The molecule has 0 aliphatic heterocycles. The zero-order valence-electron chi connectivity index (χ0n) is 10.9. The number of ether oxygens (including phenoxy) is 1. The molecule has 0 heterocycles. The molecule has 0 spiro atoms. The van der Waals surface area contributed by atoms with E-state index in [-0.39, 0.29) is 5.75 Å². The fourth-order valence-corrected chi connectivity index (χ4v) is 2.29. The van der Waals surface area contributed by atoms with Crippen molar-refractivity contribution in [3.63, 3.8) is 0 Å². The van der Waals surface area contributed by atoms with Crippen LogP contribution in [0.15, 0.2) is 60.0 Å². The minimum Gasteiger partial charge on any atom is -0.497 e. The predicted octanol–water partition coefficient (Wildman–Crippen LogP) is 3.07. The summed E-state index contributed by atoms with van der Waals surface area (Å²) in [6.07, 6.45) is 1.48. The van der Waals surface area contributed by atoms with Crippen molar-refractivity contribution in [2.75, 3.05) is 7.11 Å². The molecule has 0 atom stereocenters. The van der Waals surface area contributed by atoms with Gasteiger partial charge in [0.05, 0.1) is 12.5 Å². The highest BCUT2D eigenvalue weighted by Crippen LogP contribution is 2.20. The normalized spacial score (nSPS) is 11.4. The number of hydrogen-bond donors (Lipinski definition) is 0.